The number of hydrogen-bond donors (Lipinski definition) is 0. The van der Waals surface area contributed by atoms with Gasteiger partial charge in [0, 0.05) is 12.0 Å². The summed E-state index contributed by atoms with van der Waals surface area (Å²) >= 11 is 0. The molecule has 0 bridgehead atoms. The molecule has 0 unspecified atom stereocenters. The highest BCUT2D eigenvalue weighted by Crippen LogP contribution is 2.62. The topological polar surface area (TPSA) is 27.7 Å². The van der Waals surface area contributed by atoms with Crippen molar-refractivity contribution in [2.24, 2.45) is 22.7 Å². The number of fused-ring (bicyclic) bond motifs is 4. The Bertz CT molecular complexity index is 1310. The van der Waals surface area contributed by atoms with E-state index in [1.165, 1.54) is 24.8 Å². The summed E-state index contributed by atoms with van der Waals surface area (Å²) in [4.78, 5) is 0. The van der Waals surface area contributed by atoms with Gasteiger partial charge in [-0.2, -0.15) is 0 Å². The second-order valence-corrected chi connectivity index (χ2v) is 12.7. The fraction of sp³-hybridized carbons (Fsp3) is 0.429. The zero-order valence-electron chi connectivity index (χ0n) is 23.2. The molecule has 0 N–H and O–H groups in total. The van der Waals surface area contributed by atoms with Crippen molar-refractivity contribution < 1.29 is 14.2 Å². The molecule has 1 saturated carbocycles. The number of ether oxygens (including phenoxy) is 3. The largest absolute Gasteiger partial charge is 0.485 e. The molecule has 0 aromatic heterocycles. The van der Waals surface area contributed by atoms with Crippen LogP contribution in [0.4, 0.5) is 0 Å². The van der Waals surface area contributed by atoms with Crippen LogP contribution >= 0.6 is 0 Å². The van der Waals surface area contributed by atoms with E-state index in [9.17, 15) is 0 Å². The first-order valence-corrected chi connectivity index (χ1v) is 14.2. The Kier molecular flexibility index (Phi) is 6.29. The van der Waals surface area contributed by atoms with E-state index in [0.29, 0.717) is 30.5 Å². The molecule has 0 spiro atoms. The summed E-state index contributed by atoms with van der Waals surface area (Å²) in [6.45, 7) is 10.7. The molecule has 3 aliphatic rings. The van der Waals surface area contributed by atoms with Crippen LogP contribution in [0.25, 0.3) is 0 Å². The van der Waals surface area contributed by atoms with Crippen LogP contribution in [0.15, 0.2) is 84.9 Å². The lowest BCUT2D eigenvalue weighted by molar-refractivity contribution is -0.0983. The zero-order valence-corrected chi connectivity index (χ0v) is 23.2. The number of allylic oxidation sites excluding steroid dienone is 1. The van der Waals surface area contributed by atoms with Crippen molar-refractivity contribution in [3.8, 4) is 17.2 Å². The minimum absolute atomic E-state index is 0.205. The van der Waals surface area contributed by atoms with Crippen LogP contribution in [-0.4, -0.2) is 5.60 Å². The van der Waals surface area contributed by atoms with E-state index in [4.69, 9.17) is 14.2 Å². The van der Waals surface area contributed by atoms with Crippen molar-refractivity contribution in [3.63, 3.8) is 0 Å². The van der Waals surface area contributed by atoms with Crippen LogP contribution in [-0.2, 0) is 19.6 Å². The first-order chi connectivity index (χ1) is 18.3. The summed E-state index contributed by atoms with van der Waals surface area (Å²) in [5.41, 5.74) is 3.68. The van der Waals surface area contributed by atoms with Crippen LogP contribution in [0.2, 0.25) is 0 Å². The molecule has 0 saturated heterocycles. The second kappa shape index (κ2) is 9.52. The maximum absolute atomic E-state index is 6.89. The Hall–Kier alpha value is -3.20. The molecule has 3 aromatic carbocycles. The molecular weight excluding hydrogens is 468 g/mol. The summed E-state index contributed by atoms with van der Waals surface area (Å²) in [6.07, 6.45) is 9.65. The summed E-state index contributed by atoms with van der Waals surface area (Å²) in [5, 5.41) is 0. The molecule has 3 heteroatoms. The van der Waals surface area contributed by atoms with Gasteiger partial charge in [-0.3, -0.25) is 0 Å². The van der Waals surface area contributed by atoms with Crippen molar-refractivity contribution in [2.75, 3.05) is 0 Å². The maximum Gasteiger partial charge on any atom is 0.165 e. The molecule has 198 valence electrons. The highest BCUT2D eigenvalue weighted by Gasteiger charge is 2.58. The average Bonchev–Trinajstić information content (AvgIpc) is 2.90. The molecule has 1 aliphatic heterocycles. The van der Waals surface area contributed by atoms with Crippen LogP contribution in [0.3, 0.4) is 0 Å². The Balaban J connectivity index is 1.34. The molecule has 0 amide bonds. The lowest BCUT2D eigenvalue weighted by Crippen LogP contribution is -2.59. The first-order valence-electron chi connectivity index (χ1n) is 14.2. The normalized spacial score (nSPS) is 28.8. The third-order valence-corrected chi connectivity index (χ3v) is 9.55. The van der Waals surface area contributed by atoms with Crippen LogP contribution in [0, 0.1) is 22.7 Å². The average molecular weight is 509 g/mol. The molecule has 3 aromatic rings. The second-order valence-electron chi connectivity index (χ2n) is 12.7. The SMILES string of the molecule is CC1(C)CCC[C@]2(C)[C@H]3Cc4cc(OCc5ccccc5)c(OCc5ccccc5)cc4O[C@@]3(C)C=C[C@@H]12. The number of rotatable bonds is 6. The minimum atomic E-state index is -0.325. The van der Waals surface area contributed by atoms with E-state index >= 15 is 0 Å². The quantitative estimate of drug-likeness (QED) is 0.312. The van der Waals surface area contributed by atoms with Gasteiger partial charge in [0.05, 0.1) is 0 Å². The molecular formula is C35H40O3. The molecule has 6 rings (SSSR count). The van der Waals surface area contributed by atoms with Gasteiger partial charge in [0.2, 0.25) is 0 Å². The monoisotopic (exact) mass is 508 g/mol. The predicted octanol–water partition coefficient (Wildman–Crippen LogP) is 8.56. The van der Waals surface area contributed by atoms with E-state index in [2.05, 4.69) is 76.2 Å². The van der Waals surface area contributed by atoms with Crippen molar-refractivity contribution >= 4 is 0 Å². The van der Waals surface area contributed by atoms with Gasteiger partial charge in [0.25, 0.3) is 0 Å². The molecule has 3 nitrogen and oxygen atoms in total. The summed E-state index contributed by atoms with van der Waals surface area (Å²) in [5.74, 6) is 3.41. The highest BCUT2D eigenvalue weighted by atomic mass is 16.5. The first kappa shape index (κ1) is 25.1. The van der Waals surface area contributed by atoms with Gasteiger partial charge in [-0.1, -0.05) is 93.9 Å². The van der Waals surface area contributed by atoms with Crippen LogP contribution < -0.4 is 14.2 Å². The van der Waals surface area contributed by atoms with E-state index < -0.39 is 0 Å². The standard InChI is InChI=1S/C35H40O3/c1-33(2)17-11-18-34(3)31(33)16-19-35(4)32(34)21-27-20-29(36-23-25-12-7-5-8-13-25)30(22-28(27)38-35)37-24-26-14-9-6-10-15-26/h5-10,12-16,19-20,22,31-32H,11,17-18,21,23-24H2,1-4H3/t31-,32+,34-,35-/m0/s1. The number of benzene rings is 3. The smallest absolute Gasteiger partial charge is 0.165 e. The van der Waals surface area contributed by atoms with Crippen LogP contribution in [0.1, 0.15) is 63.6 Å². The summed E-state index contributed by atoms with van der Waals surface area (Å²) in [6, 6.07) is 24.8. The zero-order chi connectivity index (χ0) is 26.4. The molecule has 2 aliphatic carbocycles. The molecule has 4 atom stereocenters. The lowest BCUT2D eigenvalue weighted by atomic mass is 9.47. The van der Waals surface area contributed by atoms with E-state index in [1.807, 2.05) is 36.4 Å². The fourth-order valence-electron chi connectivity index (χ4n) is 7.59. The predicted molar refractivity (Wildman–Crippen MR) is 153 cm³/mol. The summed E-state index contributed by atoms with van der Waals surface area (Å²) in [7, 11) is 0. The van der Waals surface area contributed by atoms with Gasteiger partial charge in [0.15, 0.2) is 11.5 Å². The molecule has 38 heavy (non-hydrogen) atoms. The van der Waals surface area contributed by atoms with Crippen molar-refractivity contribution in [1.29, 1.82) is 0 Å². The molecule has 1 heterocycles. The molecule has 0 radical (unpaired) electrons. The van der Waals surface area contributed by atoms with Gasteiger partial charge in [-0.25, -0.2) is 0 Å². The third kappa shape index (κ3) is 4.51. The Morgan fingerprint density at radius 1 is 0.789 bits per heavy atom. The van der Waals surface area contributed by atoms with Gasteiger partial charge < -0.3 is 14.2 Å². The fourth-order valence-corrected chi connectivity index (χ4v) is 7.59. The Morgan fingerprint density at radius 3 is 2.03 bits per heavy atom. The van der Waals surface area contributed by atoms with E-state index in [0.717, 1.165) is 34.8 Å². The van der Waals surface area contributed by atoms with Gasteiger partial charge in [-0.15, -0.1) is 0 Å². The lowest BCUT2D eigenvalue weighted by Gasteiger charge is -2.60. The van der Waals surface area contributed by atoms with Gasteiger partial charge in [-0.05, 0) is 71.8 Å². The minimum Gasteiger partial charge on any atom is -0.485 e. The van der Waals surface area contributed by atoms with E-state index in [1.54, 1.807) is 0 Å². The molecule has 1 fully saturated rings. The Morgan fingerprint density at radius 2 is 1.39 bits per heavy atom. The number of hydrogen-bond acceptors (Lipinski definition) is 3. The third-order valence-electron chi connectivity index (χ3n) is 9.55. The van der Waals surface area contributed by atoms with Crippen molar-refractivity contribution in [3.05, 3.63) is 102 Å². The Labute approximate surface area is 227 Å². The summed E-state index contributed by atoms with van der Waals surface area (Å²) < 4.78 is 19.7. The van der Waals surface area contributed by atoms with Crippen molar-refractivity contribution in [2.45, 2.75) is 72.2 Å². The van der Waals surface area contributed by atoms with Gasteiger partial charge >= 0.3 is 0 Å². The highest BCUT2D eigenvalue weighted by molar-refractivity contribution is 5.53. The van der Waals surface area contributed by atoms with E-state index in [-0.39, 0.29) is 11.0 Å². The van der Waals surface area contributed by atoms with Crippen molar-refractivity contribution in [1.82, 2.24) is 0 Å². The van der Waals surface area contributed by atoms with Crippen LogP contribution in [0.5, 0.6) is 17.2 Å². The van der Waals surface area contributed by atoms with Gasteiger partial charge in [0.1, 0.15) is 24.6 Å². The maximum atomic E-state index is 6.89.